The maximum atomic E-state index is 5.93. The second-order valence-electron chi connectivity index (χ2n) is 5.18. The Hall–Kier alpha value is -1.88. The Balaban J connectivity index is 2.15. The van der Waals surface area contributed by atoms with Crippen molar-refractivity contribution in [2.45, 2.75) is 26.3 Å². The van der Waals surface area contributed by atoms with Crippen LogP contribution in [0.3, 0.4) is 0 Å². The molecule has 2 N–H and O–H groups in total. The normalized spacial score (nSPS) is 11.2. The van der Waals surface area contributed by atoms with E-state index in [9.17, 15) is 0 Å². The average Bonchev–Trinajstić information content (AvgIpc) is 2.27. The van der Waals surface area contributed by atoms with Crippen LogP contribution in [0.5, 0.6) is 0 Å². The Morgan fingerprint density at radius 1 is 1.21 bits per heavy atom. The monoisotopic (exact) mass is 277 g/mol. The van der Waals surface area contributed by atoms with E-state index in [4.69, 9.17) is 11.6 Å². The van der Waals surface area contributed by atoms with Gasteiger partial charge in [0.25, 0.3) is 0 Å². The molecule has 0 aliphatic rings. The number of nitrogens with one attached hydrogen (secondary N) is 2. The van der Waals surface area contributed by atoms with Crippen molar-refractivity contribution in [1.29, 1.82) is 0 Å². The number of nitrogens with zero attached hydrogens (tertiary/aromatic N) is 3. The highest BCUT2D eigenvalue weighted by atomic mass is 35.5. The van der Waals surface area contributed by atoms with Crippen LogP contribution >= 0.6 is 11.6 Å². The second kappa shape index (κ2) is 5.40. The van der Waals surface area contributed by atoms with Crippen molar-refractivity contribution in [3.63, 3.8) is 0 Å². The minimum Gasteiger partial charge on any atom is -0.348 e. The van der Waals surface area contributed by atoms with E-state index in [1.165, 1.54) is 0 Å². The van der Waals surface area contributed by atoms with Crippen molar-refractivity contribution in [2.24, 2.45) is 0 Å². The predicted octanol–water partition coefficient (Wildman–Crippen LogP) is 3.48. The fraction of sp³-hybridized carbons (Fsp3) is 0.308. The van der Waals surface area contributed by atoms with Gasteiger partial charge in [-0.05, 0) is 39.0 Å². The highest BCUT2D eigenvalue weighted by molar-refractivity contribution is 6.30. The quantitative estimate of drug-likeness (QED) is 0.899. The topological polar surface area (TPSA) is 62.7 Å². The molecule has 0 aliphatic carbocycles. The van der Waals surface area contributed by atoms with Gasteiger partial charge in [-0.25, -0.2) is 0 Å². The summed E-state index contributed by atoms with van der Waals surface area (Å²) in [6.45, 7) is 6.11. The Bertz CT molecular complexity index is 565. The van der Waals surface area contributed by atoms with E-state index in [0.717, 1.165) is 5.69 Å². The van der Waals surface area contributed by atoms with Crippen LogP contribution in [-0.2, 0) is 0 Å². The van der Waals surface area contributed by atoms with Gasteiger partial charge in [0.2, 0.25) is 5.95 Å². The summed E-state index contributed by atoms with van der Waals surface area (Å²) in [5, 5.41) is 14.8. The van der Waals surface area contributed by atoms with Crippen LogP contribution in [0, 0.1) is 0 Å². The molecule has 0 saturated carbocycles. The molecule has 0 radical (unpaired) electrons. The maximum Gasteiger partial charge on any atom is 0.245 e. The van der Waals surface area contributed by atoms with Crippen LogP contribution in [0.25, 0.3) is 0 Å². The minimum atomic E-state index is -0.115. The van der Waals surface area contributed by atoms with E-state index in [2.05, 4.69) is 25.8 Å². The molecule has 1 heterocycles. The fourth-order valence-corrected chi connectivity index (χ4v) is 1.66. The third kappa shape index (κ3) is 4.37. The molecule has 0 amide bonds. The summed E-state index contributed by atoms with van der Waals surface area (Å²) in [4.78, 5) is 4.34. The molecule has 0 unspecified atom stereocenters. The average molecular weight is 278 g/mol. The molecule has 6 heteroatoms. The summed E-state index contributed by atoms with van der Waals surface area (Å²) in [7, 11) is 0. The molecule has 19 heavy (non-hydrogen) atoms. The van der Waals surface area contributed by atoms with Gasteiger partial charge < -0.3 is 10.6 Å². The van der Waals surface area contributed by atoms with Crippen LogP contribution in [0.1, 0.15) is 20.8 Å². The summed E-state index contributed by atoms with van der Waals surface area (Å²) >= 11 is 5.93. The number of hydrogen-bond acceptors (Lipinski definition) is 5. The number of aromatic nitrogens is 3. The summed E-state index contributed by atoms with van der Waals surface area (Å²) in [6.07, 6.45) is 1.56. The lowest BCUT2D eigenvalue weighted by molar-refractivity contribution is 0.623. The number of halogens is 1. The molecule has 100 valence electrons. The lowest BCUT2D eigenvalue weighted by Gasteiger charge is -2.20. The molecule has 1 aromatic carbocycles. The number of rotatable bonds is 3. The minimum absolute atomic E-state index is 0.115. The molecule has 0 fully saturated rings. The zero-order chi connectivity index (χ0) is 13.9. The smallest absolute Gasteiger partial charge is 0.245 e. The SMILES string of the molecule is CC(C)(C)Nc1nncc(Nc2cccc(Cl)c2)n1. The predicted molar refractivity (Wildman–Crippen MR) is 77.9 cm³/mol. The zero-order valence-corrected chi connectivity index (χ0v) is 11.9. The summed E-state index contributed by atoms with van der Waals surface area (Å²) in [5.41, 5.74) is 0.741. The van der Waals surface area contributed by atoms with E-state index < -0.39 is 0 Å². The molecule has 2 rings (SSSR count). The summed E-state index contributed by atoms with van der Waals surface area (Å²) < 4.78 is 0. The van der Waals surface area contributed by atoms with Gasteiger partial charge in [-0.1, -0.05) is 17.7 Å². The summed E-state index contributed by atoms with van der Waals surface area (Å²) in [5.74, 6) is 1.10. The van der Waals surface area contributed by atoms with E-state index in [1.54, 1.807) is 6.20 Å². The largest absolute Gasteiger partial charge is 0.348 e. The maximum absolute atomic E-state index is 5.93. The zero-order valence-electron chi connectivity index (χ0n) is 11.1. The first-order valence-corrected chi connectivity index (χ1v) is 6.31. The molecule has 1 aromatic heterocycles. The van der Waals surface area contributed by atoms with E-state index in [-0.39, 0.29) is 5.54 Å². The molecular weight excluding hydrogens is 262 g/mol. The van der Waals surface area contributed by atoms with Crippen molar-refractivity contribution in [2.75, 3.05) is 10.6 Å². The van der Waals surface area contributed by atoms with Gasteiger partial charge in [0.1, 0.15) is 0 Å². The van der Waals surface area contributed by atoms with Gasteiger partial charge in [-0.3, -0.25) is 0 Å². The molecular formula is C13H16ClN5. The van der Waals surface area contributed by atoms with Gasteiger partial charge in [0.15, 0.2) is 5.82 Å². The molecule has 2 aromatic rings. The van der Waals surface area contributed by atoms with E-state index >= 15 is 0 Å². The third-order valence-corrected chi connectivity index (χ3v) is 2.38. The first-order valence-electron chi connectivity index (χ1n) is 5.93. The number of benzene rings is 1. The highest BCUT2D eigenvalue weighted by Gasteiger charge is 2.11. The van der Waals surface area contributed by atoms with Crippen LogP contribution in [0.2, 0.25) is 5.02 Å². The van der Waals surface area contributed by atoms with Gasteiger partial charge >= 0.3 is 0 Å². The van der Waals surface area contributed by atoms with E-state index in [1.807, 2.05) is 45.0 Å². The summed E-state index contributed by atoms with van der Waals surface area (Å²) in [6, 6.07) is 7.41. The van der Waals surface area contributed by atoms with Gasteiger partial charge in [0, 0.05) is 16.2 Å². The highest BCUT2D eigenvalue weighted by Crippen LogP contribution is 2.19. The van der Waals surface area contributed by atoms with Crippen molar-refractivity contribution in [1.82, 2.24) is 15.2 Å². The Morgan fingerprint density at radius 3 is 2.68 bits per heavy atom. The van der Waals surface area contributed by atoms with Gasteiger partial charge in [-0.15, -0.1) is 5.10 Å². The van der Waals surface area contributed by atoms with Crippen LogP contribution < -0.4 is 10.6 Å². The molecule has 0 spiro atoms. The van der Waals surface area contributed by atoms with Gasteiger partial charge in [-0.2, -0.15) is 10.1 Å². The second-order valence-corrected chi connectivity index (χ2v) is 5.61. The van der Waals surface area contributed by atoms with Gasteiger partial charge in [0.05, 0.1) is 6.20 Å². The molecule has 0 atom stereocenters. The van der Waals surface area contributed by atoms with Crippen molar-refractivity contribution in [3.05, 3.63) is 35.5 Å². The fourth-order valence-electron chi connectivity index (χ4n) is 1.47. The van der Waals surface area contributed by atoms with E-state index in [0.29, 0.717) is 16.8 Å². The van der Waals surface area contributed by atoms with Crippen LogP contribution in [0.4, 0.5) is 17.5 Å². The molecule has 0 bridgehead atoms. The number of anilines is 3. The van der Waals surface area contributed by atoms with Crippen molar-refractivity contribution >= 4 is 29.1 Å². The van der Waals surface area contributed by atoms with Crippen LogP contribution in [0.15, 0.2) is 30.5 Å². The first-order chi connectivity index (χ1) is 8.92. The third-order valence-electron chi connectivity index (χ3n) is 2.14. The Morgan fingerprint density at radius 2 is 2.00 bits per heavy atom. The lowest BCUT2D eigenvalue weighted by Crippen LogP contribution is -2.27. The molecule has 0 saturated heterocycles. The molecule has 5 nitrogen and oxygen atoms in total. The van der Waals surface area contributed by atoms with Crippen LogP contribution in [-0.4, -0.2) is 20.7 Å². The first kappa shape index (κ1) is 13.5. The van der Waals surface area contributed by atoms with Crippen molar-refractivity contribution in [3.8, 4) is 0 Å². The Kier molecular flexibility index (Phi) is 3.85. The standard InChI is InChI=1S/C13H16ClN5/c1-13(2,3)18-12-17-11(8-15-19-12)16-10-6-4-5-9(14)7-10/h4-8H,1-3H3,(H2,16,17,18,19). The Labute approximate surface area is 117 Å². The van der Waals surface area contributed by atoms with Crippen molar-refractivity contribution < 1.29 is 0 Å². The lowest BCUT2D eigenvalue weighted by atomic mass is 10.1. The molecule has 0 aliphatic heterocycles. The number of hydrogen-bond donors (Lipinski definition) is 2.